The van der Waals surface area contributed by atoms with Crippen molar-refractivity contribution in [2.75, 3.05) is 9.80 Å². The van der Waals surface area contributed by atoms with E-state index in [1.165, 1.54) is 53.0 Å². The smallest absolute Gasteiger partial charge is 0.159 e. The summed E-state index contributed by atoms with van der Waals surface area (Å²) >= 11 is 2.68. The van der Waals surface area contributed by atoms with E-state index in [1.807, 2.05) is 0 Å². The maximum atomic E-state index is 6.71. The highest BCUT2D eigenvalue weighted by Gasteiger charge is 2.61. The summed E-state index contributed by atoms with van der Waals surface area (Å²) in [5.41, 5.74) is 7.89. The van der Waals surface area contributed by atoms with Crippen molar-refractivity contribution in [3.63, 3.8) is 0 Å². The third kappa shape index (κ3) is 2.11. The molecule has 0 spiro atoms. The van der Waals surface area contributed by atoms with Gasteiger partial charge in [0, 0.05) is 14.7 Å². The molecule has 3 aliphatic heterocycles. The maximum absolute atomic E-state index is 6.71. The van der Waals surface area contributed by atoms with Crippen LogP contribution in [-0.4, -0.2) is 9.46 Å². The molecule has 3 heterocycles. The second kappa shape index (κ2) is 6.28. The highest BCUT2D eigenvalue weighted by molar-refractivity contribution is 14.1. The van der Waals surface area contributed by atoms with Crippen LogP contribution in [0.15, 0.2) is 72.8 Å². The van der Waals surface area contributed by atoms with Crippen LogP contribution in [0.5, 0.6) is 11.5 Å². The molecule has 0 aromatic heterocycles. The van der Waals surface area contributed by atoms with E-state index in [9.17, 15) is 0 Å². The third-order valence-corrected chi connectivity index (χ3v) is 10.1. The van der Waals surface area contributed by atoms with Crippen LogP contribution >= 0.6 is 22.6 Å². The molecule has 0 radical (unpaired) electrons. The Morgan fingerprint density at radius 1 is 0.853 bits per heavy atom. The van der Waals surface area contributed by atoms with Crippen molar-refractivity contribution in [3.8, 4) is 11.5 Å². The van der Waals surface area contributed by atoms with Gasteiger partial charge in [0.05, 0.1) is 28.3 Å². The lowest BCUT2D eigenvalue weighted by molar-refractivity contribution is 0.203. The molecule has 0 bridgehead atoms. The van der Waals surface area contributed by atoms with Crippen LogP contribution in [0.2, 0.25) is 0 Å². The number of halogens is 1. The predicted molar refractivity (Wildman–Crippen MR) is 148 cm³/mol. The molecule has 34 heavy (non-hydrogen) atoms. The summed E-state index contributed by atoms with van der Waals surface area (Å²) in [5, 5.41) is 2.36. The molecular formula is C30H25IN2O. The molecule has 0 amide bonds. The lowest BCUT2D eigenvalue weighted by Gasteiger charge is -2.53. The third-order valence-electron chi connectivity index (χ3n) is 9.09. The van der Waals surface area contributed by atoms with E-state index in [1.54, 1.807) is 0 Å². The van der Waals surface area contributed by atoms with E-state index in [4.69, 9.17) is 4.74 Å². The van der Waals surface area contributed by atoms with Gasteiger partial charge in [-0.1, -0.05) is 78.0 Å². The SMILES string of the molecule is CC12CCC(I)CC1(C)N1c3cccc4c3N(c3cccc2c31)c1ccc2ccccc2c1O4. The molecule has 8 rings (SSSR count). The first-order valence-corrected chi connectivity index (χ1v) is 13.5. The van der Waals surface area contributed by atoms with Crippen LogP contribution < -0.4 is 14.5 Å². The van der Waals surface area contributed by atoms with E-state index in [0.29, 0.717) is 3.92 Å². The van der Waals surface area contributed by atoms with Crippen molar-refractivity contribution in [2.45, 2.75) is 48.0 Å². The normalized spacial score (nSPS) is 27.6. The fourth-order valence-corrected chi connectivity index (χ4v) is 8.42. The molecule has 3 atom stereocenters. The Morgan fingerprint density at radius 2 is 1.68 bits per heavy atom. The number of hydrogen-bond acceptors (Lipinski definition) is 3. The quantitative estimate of drug-likeness (QED) is 0.140. The minimum absolute atomic E-state index is 0.0282. The van der Waals surface area contributed by atoms with Gasteiger partial charge in [0.15, 0.2) is 11.5 Å². The molecule has 4 heteroatoms. The zero-order valence-electron chi connectivity index (χ0n) is 19.3. The molecule has 4 aromatic carbocycles. The average molecular weight is 556 g/mol. The molecule has 4 aromatic rings. The number of nitrogens with zero attached hydrogens (tertiary/aromatic N) is 2. The number of hydrogen-bond donors (Lipinski definition) is 0. The first-order chi connectivity index (χ1) is 16.5. The van der Waals surface area contributed by atoms with Crippen molar-refractivity contribution in [1.29, 1.82) is 0 Å². The Hall–Kier alpha value is -2.73. The molecule has 1 saturated carbocycles. The van der Waals surface area contributed by atoms with E-state index >= 15 is 0 Å². The lowest BCUT2D eigenvalue weighted by Crippen LogP contribution is -2.57. The van der Waals surface area contributed by atoms with Crippen LogP contribution in [-0.2, 0) is 5.41 Å². The highest BCUT2D eigenvalue weighted by Crippen LogP contribution is 2.70. The van der Waals surface area contributed by atoms with Gasteiger partial charge in [0.1, 0.15) is 5.69 Å². The number of rotatable bonds is 0. The number of para-hydroxylation sites is 2. The molecule has 0 N–H and O–H groups in total. The second-order valence-corrected chi connectivity index (χ2v) is 12.4. The van der Waals surface area contributed by atoms with Crippen molar-refractivity contribution in [2.24, 2.45) is 0 Å². The summed E-state index contributed by atoms with van der Waals surface area (Å²) in [6, 6.07) is 26.5. The Morgan fingerprint density at radius 3 is 2.59 bits per heavy atom. The van der Waals surface area contributed by atoms with Gasteiger partial charge >= 0.3 is 0 Å². The van der Waals surface area contributed by atoms with Crippen LogP contribution in [0.1, 0.15) is 38.7 Å². The molecular weight excluding hydrogens is 531 g/mol. The Kier molecular flexibility index (Phi) is 3.61. The van der Waals surface area contributed by atoms with Crippen LogP contribution in [0.3, 0.4) is 0 Å². The summed E-state index contributed by atoms with van der Waals surface area (Å²) in [4.78, 5) is 5.16. The summed E-state index contributed by atoms with van der Waals surface area (Å²) in [7, 11) is 0. The van der Waals surface area contributed by atoms with Gasteiger partial charge in [-0.2, -0.15) is 0 Å². The number of ether oxygens (including phenoxy) is 1. The van der Waals surface area contributed by atoms with E-state index < -0.39 is 0 Å². The molecule has 3 nitrogen and oxygen atoms in total. The van der Waals surface area contributed by atoms with Gasteiger partial charge in [-0.05, 0) is 61.4 Å². The van der Waals surface area contributed by atoms with Gasteiger partial charge in [0.2, 0.25) is 0 Å². The van der Waals surface area contributed by atoms with Crippen molar-refractivity contribution in [3.05, 3.63) is 78.4 Å². The second-order valence-electron chi connectivity index (χ2n) is 10.7. The van der Waals surface area contributed by atoms with Crippen molar-refractivity contribution < 1.29 is 4.74 Å². The zero-order valence-corrected chi connectivity index (χ0v) is 21.5. The molecule has 3 unspecified atom stereocenters. The maximum Gasteiger partial charge on any atom is 0.159 e. The summed E-state index contributed by atoms with van der Waals surface area (Å²) in [6.45, 7) is 5.01. The zero-order chi connectivity index (χ0) is 22.8. The first-order valence-electron chi connectivity index (χ1n) is 12.2. The molecule has 1 aliphatic carbocycles. The van der Waals surface area contributed by atoms with Gasteiger partial charge in [0.25, 0.3) is 0 Å². The molecule has 1 fully saturated rings. The van der Waals surface area contributed by atoms with Crippen LogP contribution in [0.25, 0.3) is 10.8 Å². The van der Waals surface area contributed by atoms with Crippen LogP contribution in [0, 0.1) is 0 Å². The molecule has 4 aliphatic rings. The van der Waals surface area contributed by atoms with Gasteiger partial charge in [-0.15, -0.1) is 0 Å². The topological polar surface area (TPSA) is 15.7 Å². The van der Waals surface area contributed by atoms with Gasteiger partial charge in [-0.25, -0.2) is 0 Å². The molecule has 0 saturated heterocycles. The fourth-order valence-electron chi connectivity index (χ4n) is 7.25. The largest absolute Gasteiger partial charge is 0.452 e. The molecule has 168 valence electrons. The number of benzene rings is 4. The minimum Gasteiger partial charge on any atom is -0.452 e. The number of alkyl halides is 1. The summed E-state index contributed by atoms with van der Waals surface area (Å²) in [5.74, 6) is 1.89. The Balaban J connectivity index is 1.48. The average Bonchev–Trinajstić information content (AvgIpc) is 3.06. The number of fused-ring (bicyclic) bond motifs is 9. The number of anilines is 5. The van der Waals surface area contributed by atoms with Gasteiger partial charge in [-0.3, -0.25) is 4.90 Å². The van der Waals surface area contributed by atoms with Crippen molar-refractivity contribution >= 4 is 61.8 Å². The standard InChI is InChI=1S/C30H25IN2O/c1-29-16-15-19(31)17-30(29,2)33-23-11-6-12-25-27(23)32(22-10-5-9-21(29)26(22)33)24-14-13-18-7-3-4-8-20(18)28(24)34-25/h3-14,19H,15-17H2,1-2H3. The Bertz CT molecular complexity index is 1550. The van der Waals surface area contributed by atoms with E-state index in [2.05, 4.69) is 119 Å². The van der Waals surface area contributed by atoms with Gasteiger partial charge < -0.3 is 9.64 Å². The monoisotopic (exact) mass is 556 g/mol. The lowest BCUT2D eigenvalue weighted by atomic mass is 9.61. The first kappa shape index (κ1) is 19.6. The van der Waals surface area contributed by atoms with Crippen LogP contribution in [0.4, 0.5) is 28.4 Å². The summed E-state index contributed by atoms with van der Waals surface area (Å²) < 4.78 is 7.40. The highest BCUT2D eigenvalue weighted by atomic mass is 127. The van der Waals surface area contributed by atoms with Crippen molar-refractivity contribution in [1.82, 2.24) is 0 Å². The van der Waals surface area contributed by atoms with E-state index in [-0.39, 0.29) is 11.0 Å². The Labute approximate surface area is 213 Å². The minimum atomic E-state index is 0.0282. The van der Waals surface area contributed by atoms with E-state index in [0.717, 1.165) is 22.6 Å². The fraction of sp³-hybridized carbons (Fsp3) is 0.267. The predicted octanol–water partition coefficient (Wildman–Crippen LogP) is 8.88. The summed E-state index contributed by atoms with van der Waals surface area (Å²) in [6.07, 6.45) is 3.68.